The van der Waals surface area contributed by atoms with E-state index in [9.17, 15) is 4.79 Å². The number of carbonyl (C=O) groups is 1. The molecule has 0 fully saturated rings. The van der Waals surface area contributed by atoms with Crippen molar-refractivity contribution in [2.45, 2.75) is 26.7 Å². The van der Waals surface area contributed by atoms with Crippen molar-refractivity contribution in [3.63, 3.8) is 0 Å². The van der Waals surface area contributed by atoms with Gasteiger partial charge in [0.15, 0.2) is 0 Å². The van der Waals surface area contributed by atoms with Crippen LogP contribution in [0.1, 0.15) is 40.6 Å². The molecule has 0 aliphatic carbocycles. The van der Waals surface area contributed by atoms with E-state index in [0.717, 1.165) is 15.6 Å². The molecule has 1 aromatic heterocycles. The van der Waals surface area contributed by atoms with E-state index >= 15 is 0 Å². The number of nitrogens with two attached hydrogens (primary N) is 1. The number of aryl methyl sites for hydroxylation is 1. The fourth-order valence-electron chi connectivity index (χ4n) is 1.83. The molecule has 0 saturated heterocycles. The molecule has 0 radical (unpaired) electrons. The molecule has 84 valence electrons. The summed E-state index contributed by atoms with van der Waals surface area (Å²) in [6.45, 7) is 6.29. The van der Waals surface area contributed by atoms with Crippen LogP contribution < -0.4 is 5.73 Å². The topological polar surface area (TPSA) is 43.1 Å². The Labute approximate surface area is 99.1 Å². The summed E-state index contributed by atoms with van der Waals surface area (Å²) in [7, 11) is 0. The number of amides is 1. The Morgan fingerprint density at radius 1 is 1.38 bits per heavy atom. The zero-order chi connectivity index (χ0) is 11.9. The third-order valence-electron chi connectivity index (χ3n) is 2.85. The summed E-state index contributed by atoms with van der Waals surface area (Å²) in [5.41, 5.74) is 7.65. The number of rotatable bonds is 2. The third-order valence-corrected chi connectivity index (χ3v) is 4.14. The van der Waals surface area contributed by atoms with Gasteiger partial charge in [0, 0.05) is 4.70 Å². The van der Waals surface area contributed by atoms with Crippen molar-refractivity contribution in [3.8, 4) is 0 Å². The minimum atomic E-state index is -0.329. The Morgan fingerprint density at radius 2 is 2.06 bits per heavy atom. The molecule has 0 bridgehead atoms. The molecule has 1 heterocycles. The second-order valence-corrected chi connectivity index (χ2v) is 5.38. The molecule has 0 aliphatic heterocycles. The molecule has 0 spiro atoms. The Hall–Kier alpha value is -1.35. The minimum absolute atomic E-state index is 0.329. The first-order valence-electron chi connectivity index (χ1n) is 5.33. The smallest absolute Gasteiger partial charge is 0.259 e. The monoisotopic (exact) mass is 233 g/mol. The van der Waals surface area contributed by atoms with E-state index in [1.165, 1.54) is 16.9 Å². The lowest BCUT2D eigenvalue weighted by molar-refractivity contribution is 0.100. The number of fused-ring (bicyclic) bond motifs is 1. The number of primary amides is 1. The van der Waals surface area contributed by atoms with Crippen LogP contribution in [0.4, 0.5) is 0 Å². The van der Waals surface area contributed by atoms with E-state index in [0.29, 0.717) is 10.8 Å². The van der Waals surface area contributed by atoms with Gasteiger partial charge in [0.1, 0.15) is 0 Å². The summed E-state index contributed by atoms with van der Waals surface area (Å²) in [5.74, 6) is 0.172. The van der Waals surface area contributed by atoms with Crippen molar-refractivity contribution in [1.29, 1.82) is 0 Å². The maximum Gasteiger partial charge on any atom is 0.259 e. The zero-order valence-electron chi connectivity index (χ0n) is 9.70. The molecule has 0 aliphatic rings. The SMILES string of the molecule is Cc1c(C(N)=O)sc2ccc(C(C)C)cc12. The van der Waals surface area contributed by atoms with Gasteiger partial charge in [0.2, 0.25) is 0 Å². The van der Waals surface area contributed by atoms with Gasteiger partial charge in [-0.3, -0.25) is 4.79 Å². The van der Waals surface area contributed by atoms with Crippen molar-refractivity contribution in [2.24, 2.45) is 5.73 Å². The Bertz CT molecular complexity index is 554. The molecule has 1 aromatic carbocycles. The van der Waals surface area contributed by atoms with Crippen molar-refractivity contribution < 1.29 is 4.79 Å². The van der Waals surface area contributed by atoms with Gasteiger partial charge < -0.3 is 5.73 Å². The average Bonchev–Trinajstić information content (AvgIpc) is 2.56. The van der Waals surface area contributed by atoms with Gasteiger partial charge in [0.05, 0.1) is 4.88 Å². The zero-order valence-corrected chi connectivity index (χ0v) is 10.5. The first-order chi connectivity index (χ1) is 7.50. The highest BCUT2D eigenvalue weighted by Crippen LogP contribution is 2.32. The number of carbonyl (C=O) groups excluding carboxylic acids is 1. The molecule has 2 nitrogen and oxygen atoms in total. The molecule has 0 saturated carbocycles. The van der Waals surface area contributed by atoms with Crippen molar-refractivity contribution in [3.05, 3.63) is 34.2 Å². The van der Waals surface area contributed by atoms with Gasteiger partial charge in [-0.05, 0) is 41.5 Å². The van der Waals surface area contributed by atoms with Crippen molar-refractivity contribution in [1.82, 2.24) is 0 Å². The minimum Gasteiger partial charge on any atom is -0.365 e. The van der Waals surface area contributed by atoms with Gasteiger partial charge in [0.25, 0.3) is 5.91 Å². The van der Waals surface area contributed by atoms with Gasteiger partial charge in [-0.15, -0.1) is 11.3 Å². The van der Waals surface area contributed by atoms with Gasteiger partial charge >= 0.3 is 0 Å². The predicted molar refractivity (Wildman–Crippen MR) is 69.2 cm³/mol. The lowest BCUT2D eigenvalue weighted by Gasteiger charge is -2.04. The summed E-state index contributed by atoms with van der Waals surface area (Å²) < 4.78 is 1.13. The second-order valence-electron chi connectivity index (χ2n) is 4.33. The maximum atomic E-state index is 11.2. The first kappa shape index (κ1) is 11.1. The second kappa shape index (κ2) is 3.91. The number of hydrogen-bond acceptors (Lipinski definition) is 2. The number of hydrogen-bond donors (Lipinski definition) is 1. The molecule has 0 unspecified atom stereocenters. The van der Waals surface area contributed by atoms with Crippen LogP contribution in [-0.2, 0) is 0 Å². The fraction of sp³-hybridized carbons (Fsp3) is 0.308. The summed E-state index contributed by atoms with van der Waals surface area (Å²) in [6.07, 6.45) is 0. The van der Waals surface area contributed by atoms with Crippen LogP contribution in [0.3, 0.4) is 0 Å². The lowest BCUT2D eigenvalue weighted by Crippen LogP contribution is -2.09. The van der Waals surface area contributed by atoms with E-state index in [2.05, 4.69) is 32.0 Å². The third kappa shape index (κ3) is 1.71. The first-order valence-corrected chi connectivity index (χ1v) is 6.15. The van der Waals surface area contributed by atoms with Crippen LogP contribution in [0.25, 0.3) is 10.1 Å². The molecule has 3 heteroatoms. The Balaban J connectivity index is 2.69. The molecular weight excluding hydrogens is 218 g/mol. The van der Waals surface area contributed by atoms with Gasteiger partial charge in [-0.25, -0.2) is 0 Å². The van der Waals surface area contributed by atoms with Crippen LogP contribution in [0.5, 0.6) is 0 Å². The summed E-state index contributed by atoms with van der Waals surface area (Å²) in [4.78, 5) is 11.9. The van der Waals surface area contributed by atoms with E-state index in [1.54, 1.807) is 0 Å². The molecular formula is C13H15NOS. The van der Waals surface area contributed by atoms with E-state index < -0.39 is 0 Å². The normalized spacial score (nSPS) is 11.2. The Morgan fingerprint density at radius 3 is 2.62 bits per heavy atom. The maximum absolute atomic E-state index is 11.2. The highest BCUT2D eigenvalue weighted by molar-refractivity contribution is 7.21. The fourth-order valence-corrected chi connectivity index (χ4v) is 2.87. The van der Waals surface area contributed by atoms with E-state index in [-0.39, 0.29) is 5.91 Å². The van der Waals surface area contributed by atoms with E-state index in [1.807, 2.05) is 6.92 Å². The van der Waals surface area contributed by atoms with Crippen LogP contribution in [0.2, 0.25) is 0 Å². The lowest BCUT2D eigenvalue weighted by atomic mass is 10.0. The van der Waals surface area contributed by atoms with Gasteiger partial charge in [-0.1, -0.05) is 19.9 Å². The van der Waals surface area contributed by atoms with Crippen molar-refractivity contribution in [2.75, 3.05) is 0 Å². The van der Waals surface area contributed by atoms with Crippen LogP contribution in [0, 0.1) is 6.92 Å². The number of benzene rings is 1. The quantitative estimate of drug-likeness (QED) is 0.848. The van der Waals surface area contributed by atoms with Crippen LogP contribution in [-0.4, -0.2) is 5.91 Å². The largest absolute Gasteiger partial charge is 0.365 e. The molecule has 2 aromatic rings. The predicted octanol–water partition coefficient (Wildman–Crippen LogP) is 3.43. The molecule has 2 rings (SSSR count). The molecule has 1 amide bonds. The molecule has 2 N–H and O–H groups in total. The summed E-state index contributed by atoms with van der Waals surface area (Å²) in [6, 6.07) is 6.36. The van der Waals surface area contributed by atoms with Gasteiger partial charge in [-0.2, -0.15) is 0 Å². The summed E-state index contributed by atoms with van der Waals surface area (Å²) >= 11 is 1.48. The molecule has 0 atom stereocenters. The molecule has 16 heavy (non-hydrogen) atoms. The van der Waals surface area contributed by atoms with Crippen molar-refractivity contribution >= 4 is 27.3 Å². The highest BCUT2D eigenvalue weighted by atomic mass is 32.1. The number of thiophene rings is 1. The standard InChI is InChI=1S/C13H15NOS/c1-7(2)9-4-5-11-10(6-9)8(3)12(16-11)13(14)15/h4-7H,1-3H3,(H2,14,15). The highest BCUT2D eigenvalue weighted by Gasteiger charge is 2.13. The Kier molecular flexibility index (Phi) is 2.72. The average molecular weight is 233 g/mol. The van der Waals surface area contributed by atoms with Crippen LogP contribution in [0.15, 0.2) is 18.2 Å². The van der Waals surface area contributed by atoms with E-state index in [4.69, 9.17) is 5.73 Å². The summed E-state index contributed by atoms with van der Waals surface area (Å²) in [5, 5.41) is 1.16. The van der Waals surface area contributed by atoms with Crippen LogP contribution >= 0.6 is 11.3 Å².